The Hall–Kier alpha value is -1.55. The molecule has 0 bridgehead atoms. The number of rotatable bonds is 32. The van der Waals surface area contributed by atoms with Gasteiger partial charge in [0.15, 0.2) is 0 Å². The SMILES string of the molecule is CS(=O)(=O)[N-]C1CCCCC1NCCCc1ccccc1.CS(=O)(=O)[N-]CCNCCCc1ccccc1.Cc1ccc(S(=O)(=O)[N-]C2CCCCC2NCCCc2ccccc2)cc1.Cc1ccc(S(=O)(=O)[N-]CCNCCCc2ccccc2)cc1.[CH3-].[CH3-].[CH3-].[CH3-].[Cl][Ru+3].[Cl][Ru+3].[Cl][Ru+3].[Cl][Ru+3]. The molecule has 0 heterocycles. The Morgan fingerprint density at radius 3 is 0.970 bits per heavy atom. The van der Waals surface area contributed by atoms with Crippen molar-refractivity contribution in [3.8, 4) is 0 Å². The normalized spacial score (nSPS) is 15.2. The van der Waals surface area contributed by atoms with E-state index in [2.05, 4.69) is 152 Å². The predicted molar refractivity (Wildman–Crippen MR) is 412 cm³/mol. The van der Waals surface area contributed by atoms with Crippen LogP contribution in [0.1, 0.15) is 110 Å². The van der Waals surface area contributed by atoms with E-state index in [1.807, 2.05) is 144 Å². The summed E-state index contributed by atoms with van der Waals surface area (Å²) >= 11 is 7.29. The summed E-state index contributed by atoms with van der Waals surface area (Å²) in [5.74, 6) is 0. The van der Waals surface area contributed by atoms with Crippen molar-refractivity contribution in [3.63, 3.8) is 0 Å². The fourth-order valence-corrected chi connectivity index (χ4v) is 13.6. The van der Waals surface area contributed by atoms with Crippen LogP contribution in [0, 0.1) is 43.6 Å². The minimum atomic E-state index is -3.60. The van der Waals surface area contributed by atoms with Crippen molar-refractivity contribution >= 4 is 78.9 Å². The van der Waals surface area contributed by atoms with E-state index in [1.54, 1.807) is 36.4 Å². The molecule has 2 aliphatic rings. The number of nitrogens with zero attached hydrogens (tertiary/aromatic N) is 4. The van der Waals surface area contributed by atoms with Crippen LogP contribution in [-0.2, 0) is 135 Å². The first-order valence-corrected chi connectivity index (χ1v) is 47.2. The summed E-state index contributed by atoms with van der Waals surface area (Å²) in [5.41, 5.74) is 7.41. The average molecular weight is 1890 g/mol. The second-order valence-electron chi connectivity index (χ2n) is 22.6. The maximum atomic E-state index is 12.7. The van der Waals surface area contributed by atoms with Crippen LogP contribution in [0.25, 0.3) is 18.9 Å². The maximum absolute atomic E-state index is 12.7. The van der Waals surface area contributed by atoms with Gasteiger partial charge in [-0.2, -0.15) is 0 Å². The van der Waals surface area contributed by atoms with Gasteiger partial charge in [0.05, 0.1) is 20.0 Å². The first kappa shape index (κ1) is 105. The van der Waals surface area contributed by atoms with Gasteiger partial charge in [-0.25, -0.2) is 33.7 Å². The molecule has 0 aliphatic heterocycles. The van der Waals surface area contributed by atoms with Crippen LogP contribution in [0.15, 0.2) is 180 Å². The monoisotopic (exact) mass is 1890 g/mol. The van der Waals surface area contributed by atoms with Gasteiger partial charge >= 0.3 is 108 Å². The van der Waals surface area contributed by atoms with Crippen molar-refractivity contribution in [2.75, 3.05) is 64.9 Å². The second kappa shape index (κ2) is 64.6. The van der Waals surface area contributed by atoms with Gasteiger partial charge in [-0.15, -0.1) is 25.2 Å². The molecule has 16 nitrogen and oxygen atoms in total. The molecule has 0 radical (unpaired) electrons. The zero-order valence-corrected chi connectivity index (χ0v) is 72.3. The zero-order chi connectivity index (χ0) is 71.4. The number of hydrogen-bond donors (Lipinski definition) is 4. The van der Waals surface area contributed by atoms with Gasteiger partial charge < -0.3 is 69.9 Å². The van der Waals surface area contributed by atoms with Crippen molar-refractivity contribution < 1.29 is 103 Å². The number of sulfonamides is 4. The van der Waals surface area contributed by atoms with Gasteiger partial charge in [0.1, 0.15) is 20.0 Å². The second-order valence-corrected chi connectivity index (χ2v) is 29.4. The Morgan fingerprint density at radius 1 is 0.360 bits per heavy atom. The number of hydrogen-bond acceptors (Lipinski definition) is 12. The van der Waals surface area contributed by atoms with E-state index in [9.17, 15) is 33.7 Å². The molecule has 0 aromatic heterocycles. The van der Waals surface area contributed by atoms with E-state index in [4.69, 9.17) is 0 Å². The van der Waals surface area contributed by atoms with Crippen LogP contribution in [0.4, 0.5) is 0 Å². The summed E-state index contributed by atoms with van der Waals surface area (Å²) in [6, 6.07) is 55.3. The fourth-order valence-electron chi connectivity index (χ4n) is 10.3. The van der Waals surface area contributed by atoms with Crippen molar-refractivity contribution in [2.45, 2.75) is 151 Å². The third kappa shape index (κ3) is 51.6. The molecule has 6 aromatic rings. The molecule has 6 aromatic carbocycles. The first-order valence-electron chi connectivity index (χ1n) is 31.7. The number of halogens is 4. The van der Waals surface area contributed by atoms with E-state index in [1.165, 1.54) is 28.5 Å². The summed E-state index contributed by atoms with van der Waals surface area (Å²) < 4.78 is 109. The summed E-state index contributed by atoms with van der Waals surface area (Å²) in [5, 5.41) is 13.5. The molecule has 0 amide bonds. The molecular weight excluding hydrogens is 1780 g/mol. The van der Waals surface area contributed by atoms with Crippen molar-refractivity contribution in [3.05, 3.63) is 252 Å². The molecule has 2 saturated carbocycles. The van der Waals surface area contributed by atoms with E-state index in [0.717, 1.165) is 146 Å². The number of aryl methyl sites for hydroxylation is 6. The Balaban J connectivity index is -0.000000592. The Kier molecular flexibility index (Phi) is 67.7. The molecule has 0 spiro atoms. The van der Waals surface area contributed by atoms with Crippen LogP contribution in [0.3, 0.4) is 0 Å². The first-order chi connectivity index (χ1) is 46.2. The van der Waals surface area contributed by atoms with E-state index >= 15 is 0 Å². The molecule has 8 rings (SSSR count). The fraction of sp³-hybridized carbons (Fsp3) is 0.444. The predicted octanol–water partition coefficient (Wildman–Crippen LogP) is 16.8. The molecule has 28 heteroatoms. The molecule has 0 saturated heterocycles. The van der Waals surface area contributed by atoms with Gasteiger partial charge in [-0.1, -0.05) is 195 Å². The van der Waals surface area contributed by atoms with Gasteiger partial charge in [-0.05, 0) is 176 Å². The van der Waals surface area contributed by atoms with Crippen molar-refractivity contribution in [2.24, 2.45) is 0 Å². The van der Waals surface area contributed by atoms with E-state index in [0.29, 0.717) is 24.5 Å². The summed E-state index contributed by atoms with van der Waals surface area (Å²) in [4.78, 5) is 0.550. The van der Waals surface area contributed by atoms with Crippen LogP contribution >= 0.6 is 38.8 Å². The molecule has 2 fully saturated rings. The average Bonchev–Trinajstić information content (AvgIpc) is 0.829. The van der Waals surface area contributed by atoms with Gasteiger partial charge in [0, 0.05) is 22.3 Å². The zero-order valence-electron chi connectivity index (χ0n) is 59.1. The van der Waals surface area contributed by atoms with Crippen LogP contribution in [0.5, 0.6) is 0 Å². The third-order valence-electron chi connectivity index (χ3n) is 15.0. The third-order valence-corrected chi connectivity index (χ3v) is 19.1. The topological polar surface area (TPSA) is 241 Å². The van der Waals surface area contributed by atoms with Gasteiger partial charge in [-0.3, -0.25) is 0 Å². The van der Waals surface area contributed by atoms with Crippen LogP contribution < -0.4 is 21.3 Å². The Morgan fingerprint density at radius 2 is 0.650 bits per heavy atom. The van der Waals surface area contributed by atoms with Crippen LogP contribution in [0.2, 0.25) is 0 Å². The molecule has 4 atom stereocenters. The molecule has 2 aliphatic carbocycles. The standard InChI is InChI=1S/C22H29N2O2S.C18H23N2O2S.C16H25N2O2S.C12H19N2O2S.4CH3.4ClH.4Ru/c1-18-13-15-20(16-14-18)27(25,26)24-22-12-6-5-11-21(22)23-17-7-10-19-8-3-2-4-9-19;1-16-9-11-18(12-10-16)23(21,22)20-15-14-19-13-5-8-17-6-3-2-4-7-17;1-21(19,20)18-16-12-6-5-11-15(16)17-13-7-10-14-8-3-2-4-9-14;1-17(15,16)14-11-10-13-9-5-8-12-6-3-2-4-7-12;;;;;;;;;;;;/h2-4,8-9,13-16,21-23H,5-7,10-12,17H2,1H3;2-4,6-7,9-12,19H,5,8,13-15H2,1H3;2-4,8-9,15-17H,5-7,10-13H2,1H3;2-4,6-7,13H,5,8-11H2,1H3;4*1H3;4*1H;;;;/q8*-1;;;;;4*+4/p-4. The summed E-state index contributed by atoms with van der Waals surface area (Å²) in [7, 11) is 4.73. The summed E-state index contributed by atoms with van der Waals surface area (Å²) in [6.07, 6.45) is 18.7. The van der Waals surface area contributed by atoms with Crippen molar-refractivity contribution in [1.82, 2.24) is 21.3 Å². The molecule has 564 valence electrons. The molecule has 4 N–H and O–H groups in total. The quantitative estimate of drug-likeness (QED) is 0.0175. The molecular formula is C72H108Cl4N8O8Ru4S4+4. The molecule has 100 heavy (non-hydrogen) atoms. The van der Waals surface area contributed by atoms with Crippen LogP contribution in [-0.4, -0.2) is 123 Å². The van der Waals surface area contributed by atoms with E-state index < -0.39 is 40.1 Å². The molecule has 4 unspecified atom stereocenters. The number of nitrogens with one attached hydrogen (secondary N) is 4. The van der Waals surface area contributed by atoms with Crippen molar-refractivity contribution in [1.29, 1.82) is 0 Å². The Labute approximate surface area is 663 Å². The minimum absolute atomic E-state index is 0. The van der Waals surface area contributed by atoms with Gasteiger partial charge in [0.2, 0.25) is 0 Å². The number of benzene rings is 6. The van der Waals surface area contributed by atoms with Gasteiger partial charge in [0.25, 0.3) is 0 Å². The Bertz CT molecular complexity index is 3330. The summed E-state index contributed by atoms with van der Waals surface area (Å²) in [6.45, 7) is 9.18. The van der Waals surface area contributed by atoms with E-state index in [-0.39, 0.29) is 65.3 Å².